The summed E-state index contributed by atoms with van der Waals surface area (Å²) in [5.41, 5.74) is 1.10. The van der Waals surface area contributed by atoms with Crippen molar-refractivity contribution in [3.8, 4) is 0 Å². The number of guanidine groups is 1. The van der Waals surface area contributed by atoms with Gasteiger partial charge < -0.3 is 15.0 Å². The van der Waals surface area contributed by atoms with Gasteiger partial charge in [-0.2, -0.15) is 0 Å². The van der Waals surface area contributed by atoms with Gasteiger partial charge in [0.1, 0.15) is 5.82 Å². The Morgan fingerprint density at radius 2 is 2.04 bits per heavy atom. The summed E-state index contributed by atoms with van der Waals surface area (Å²) in [5.74, 6) is 1.50. The lowest BCUT2D eigenvalue weighted by Crippen LogP contribution is -2.40. The third-order valence-electron chi connectivity index (χ3n) is 3.89. The minimum absolute atomic E-state index is 0. The summed E-state index contributed by atoms with van der Waals surface area (Å²) in [4.78, 5) is 6.74. The molecular weight excluding hydrogens is 420 g/mol. The van der Waals surface area contributed by atoms with Crippen LogP contribution in [-0.2, 0) is 11.2 Å². The smallest absolute Gasteiger partial charge is 0.193 e. The fourth-order valence-corrected chi connectivity index (χ4v) is 2.25. The second-order valence-corrected chi connectivity index (χ2v) is 6.05. The maximum Gasteiger partial charge on any atom is 0.193 e. The highest BCUT2D eigenvalue weighted by Crippen LogP contribution is 2.28. The second kappa shape index (κ2) is 11.6. The van der Waals surface area contributed by atoms with E-state index in [1.807, 2.05) is 19.2 Å². The molecule has 0 amide bonds. The van der Waals surface area contributed by atoms with Gasteiger partial charge in [0.25, 0.3) is 0 Å². The molecule has 1 saturated carbocycles. The van der Waals surface area contributed by atoms with Crippen LogP contribution in [0, 0.1) is 11.7 Å². The Kier molecular flexibility index (Phi) is 10.2. The lowest BCUT2D eigenvalue weighted by atomic mass is 10.1. The van der Waals surface area contributed by atoms with Crippen molar-refractivity contribution >= 4 is 29.9 Å². The molecule has 0 saturated heterocycles. The molecule has 0 aromatic heterocycles. The summed E-state index contributed by atoms with van der Waals surface area (Å²) in [6.45, 7) is 6.04. The van der Waals surface area contributed by atoms with E-state index in [2.05, 4.69) is 22.1 Å². The largest absolute Gasteiger partial charge is 0.379 e. The van der Waals surface area contributed by atoms with Crippen LogP contribution in [0.15, 0.2) is 29.3 Å². The highest BCUT2D eigenvalue weighted by molar-refractivity contribution is 14.0. The lowest BCUT2D eigenvalue weighted by molar-refractivity contribution is 0.115. The van der Waals surface area contributed by atoms with E-state index in [0.717, 1.165) is 50.2 Å². The van der Waals surface area contributed by atoms with Crippen molar-refractivity contribution < 1.29 is 9.13 Å². The molecule has 0 spiro atoms. The predicted molar refractivity (Wildman–Crippen MR) is 108 cm³/mol. The Labute approximate surface area is 161 Å². The van der Waals surface area contributed by atoms with Gasteiger partial charge in [0.15, 0.2) is 5.96 Å². The van der Waals surface area contributed by atoms with Gasteiger partial charge in [-0.25, -0.2) is 4.39 Å². The fraction of sp³-hybridized carbons (Fsp3) is 0.611. The number of halogens is 2. The Morgan fingerprint density at radius 1 is 1.33 bits per heavy atom. The topological polar surface area (TPSA) is 36.9 Å². The van der Waals surface area contributed by atoms with Crippen LogP contribution in [0.1, 0.15) is 25.3 Å². The standard InChI is InChI=1S/C18H28FN3O.HI/c1-3-20-18(22(2)12-13-23-14-16-4-5-16)21-11-10-15-6-8-17(19)9-7-15;/h6-9,16H,3-5,10-14H2,1-2H3,(H,20,21);1H. The Hall–Kier alpha value is -0.890. The maximum absolute atomic E-state index is 12.9. The fourth-order valence-electron chi connectivity index (χ4n) is 2.25. The first-order valence-corrected chi connectivity index (χ1v) is 8.50. The zero-order chi connectivity index (χ0) is 16.5. The van der Waals surface area contributed by atoms with Crippen molar-refractivity contribution in [1.82, 2.24) is 10.2 Å². The predicted octanol–water partition coefficient (Wildman–Crippen LogP) is 3.31. The van der Waals surface area contributed by atoms with E-state index in [0.29, 0.717) is 6.54 Å². The van der Waals surface area contributed by atoms with E-state index in [4.69, 9.17) is 4.74 Å². The third kappa shape index (κ3) is 8.28. The SMILES string of the molecule is CCNC(=NCCc1ccc(F)cc1)N(C)CCOCC1CC1.I. The van der Waals surface area contributed by atoms with Crippen LogP contribution in [0.3, 0.4) is 0 Å². The molecule has 1 fully saturated rings. The Balaban J connectivity index is 0.00000288. The first-order chi connectivity index (χ1) is 11.2. The Morgan fingerprint density at radius 3 is 2.67 bits per heavy atom. The van der Waals surface area contributed by atoms with Gasteiger partial charge in [0, 0.05) is 33.3 Å². The highest BCUT2D eigenvalue weighted by Gasteiger charge is 2.21. The molecule has 136 valence electrons. The average molecular weight is 449 g/mol. The third-order valence-corrected chi connectivity index (χ3v) is 3.89. The van der Waals surface area contributed by atoms with E-state index in [1.165, 1.54) is 25.0 Å². The van der Waals surface area contributed by atoms with E-state index < -0.39 is 0 Å². The normalized spacial score (nSPS) is 14.2. The number of likely N-dealkylation sites (N-methyl/N-ethyl adjacent to an activating group) is 1. The van der Waals surface area contributed by atoms with Crippen molar-refractivity contribution in [3.05, 3.63) is 35.6 Å². The van der Waals surface area contributed by atoms with Gasteiger partial charge in [0.2, 0.25) is 0 Å². The lowest BCUT2D eigenvalue weighted by Gasteiger charge is -2.22. The Bertz CT molecular complexity index is 492. The summed E-state index contributed by atoms with van der Waals surface area (Å²) in [6, 6.07) is 6.61. The molecule has 1 aromatic carbocycles. The zero-order valence-corrected chi connectivity index (χ0v) is 17.0. The molecule has 4 nitrogen and oxygen atoms in total. The quantitative estimate of drug-likeness (QED) is 0.272. The summed E-state index contributed by atoms with van der Waals surface area (Å²) >= 11 is 0. The van der Waals surface area contributed by atoms with Gasteiger partial charge in [-0.05, 0) is 49.8 Å². The van der Waals surface area contributed by atoms with Crippen LogP contribution >= 0.6 is 24.0 Å². The molecule has 0 unspecified atom stereocenters. The zero-order valence-electron chi connectivity index (χ0n) is 14.6. The molecular formula is C18H29FIN3O. The monoisotopic (exact) mass is 449 g/mol. The number of benzene rings is 1. The molecule has 0 atom stereocenters. The number of nitrogens with one attached hydrogen (secondary N) is 1. The summed E-state index contributed by atoms with van der Waals surface area (Å²) in [6.07, 6.45) is 3.45. The number of nitrogens with zero attached hydrogens (tertiary/aromatic N) is 2. The van der Waals surface area contributed by atoms with Crippen LogP contribution in [0.2, 0.25) is 0 Å². The van der Waals surface area contributed by atoms with Crippen molar-refractivity contribution in [2.75, 3.05) is 39.9 Å². The van der Waals surface area contributed by atoms with E-state index in [-0.39, 0.29) is 29.8 Å². The van der Waals surface area contributed by atoms with E-state index in [1.54, 1.807) is 0 Å². The molecule has 1 aliphatic rings. The van der Waals surface area contributed by atoms with Crippen molar-refractivity contribution in [2.24, 2.45) is 10.9 Å². The molecule has 0 aliphatic heterocycles. The van der Waals surface area contributed by atoms with E-state index >= 15 is 0 Å². The van der Waals surface area contributed by atoms with Gasteiger partial charge in [-0.1, -0.05) is 12.1 Å². The van der Waals surface area contributed by atoms with Crippen molar-refractivity contribution in [1.29, 1.82) is 0 Å². The van der Waals surface area contributed by atoms with Crippen LogP contribution in [-0.4, -0.2) is 50.8 Å². The molecule has 1 aliphatic carbocycles. The molecule has 24 heavy (non-hydrogen) atoms. The molecule has 1 N–H and O–H groups in total. The summed E-state index contributed by atoms with van der Waals surface area (Å²) in [5, 5.41) is 3.30. The number of hydrogen-bond donors (Lipinski definition) is 1. The van der Waals surface area contributed by atoms with Crippen molar-refractivity contribution in [3.63, 3.8) is 0 Å². The highest BCUT2D eigenvalue weighted by atomic mass is 127. The number of hydrogen-bond acceptors (Lipinski definition) is 2. The second-order valence-electron chi connectivity index (χ2n) is 6.05. The minimum atomic E-state index is -0.198. The first kappa shape index (κ1) is 21.2. The van der Waals surface area contributed by atoms with Crippen LogP contribution in [0.5, 0.6) is 0 Å². The molecule has 0 bridgehead atoms. The average Bonchev–Trinajstić information content (AvgIpc) is 3.36. The first-order valence-electron chi connectivity index (χ1n) is 8.50. The molecule has 6 heteroatoms. The maximum atomic E-state index is 12.9. The molecule has 0 radical (unpaired) electrons. The van der Waals surface area contributed by atoms with E-state index in [9.17, 15) is 4.39 Å². The molecule has 2 rings (SSSR count). The van der Waals surface area contributed by atoms with Gasteiger partial charge in [-0.15, -0.1) is 24.0 Å². The summed E-state index contributed by atoms with van der Waals surface area (Å²) < 4.78 is 18.6. The van der Waals surface area contributed by atoms with Crippen LogP contribution in [0.4, 0.5) is 4.39 Å². The molecule has 1 aromatic rings. The molecule has 0 heterocycles. The van der Waals surface area contributed by atoms with Gasteiger partial charge in [0.05, 0.1) is 6.61 Å². The summed E-state index contributed by atoms with van der Waals surface area (Å²) in [7, 11) is 2.03. The number of ether oxygens (including phenoxy) is 1. The van der Waals surface area contributed by atoms with Gasteiger partial charge >= 0.3 is 0 Å². The van der Waals surface area contributed by atoms with Gasteiger partial charge in [-0.3, -0.25) is 4.99 Å². The van der Waals surface area contributed by atoms with Crippen LogP contribution < -0.4 is 5.32 Å². The number of rotatable bonds is 9. The van der Waals surface area contributed by atoms with Crippen molar-refractivity contribution in [2.45, 2.75) is 26.2 Å². The van der Waals surface area contributed by atoms with Crippen LogP contribution in [0.25, 0.3) is 0 Å². The minimum Gasteiger partial charge on any atom is -0.379 e. The number of aliphatic imine (C=N–C) groups is 1.